The average molecular weight is 464 g/mol. The van der Waals surface area contributed by atoms with Crippen LogP contribution in [0, 0.1) is 16.0 Å². The highest BCUT2D eigenvalue weighted by Crippen LogP contribution is 2.13. The van der Waals surface area contributed by atoms with Crippen molar-refractivity contribution in [2.75, 3.05) is 26.3 Å². The molecule has 25 heavy (non-hydrogen) atoms. The first-order chi connectivity index (χ1) is 11.5. The van der Waals surface area contributed by atoms with Crippen LogP contribution in [0.3, 0.4) is 0 Å². The van der Waals surface area contributed by atoms with Crippen molar-refractivity contribution in [2.24, 2.45) is 10.9 Å². The lowest BCUT2D eigenvalue weighted by atomic mass is 10.2. The summed E-state index contributed by atoms with van der Waals surface area (Å²) in [7, 11) is 0. The third-order valence-corrected chi connectivity index (χ3v) is 3.09. The van der Waals surface area contributed by atoms with E-state index in [2.05, 4.69) is 29.5 Å². The van der Waals surface area contributed by atoms with Gasteiger partial charge >= 0.3 is 0 Å². The van der Waals surface area contributed by atoms with E-state index >= 15 is 0 Å². The van der Waals surface area contributed by atoms with Crippen molar-refractivity contribution in [3.63, 3.8) is 0 Å². The Labute approximate surface area is 166 Å². The maximum absolute atomic E-state index is 10.8. The monoisotopic (exact) mass is 464 g/mol. The largest absolute Gasteiger partial charge is 0.381 e. The number of hydrogen-bond donors (Lipinski definition) is 2. The Kier molecular flexibility index (Phi) is 13.0. The smallest absolute Gasteiger partial charge is 0.269 e. The summed E-state index contributed by atoms with van der Waals surface area (Å²) >= 11 is 0. The highest BCUT2D eigenvalue weighted by molar-refractivity contribution is 14.0. The van der Waals surface area contributed by atoms with E-state index in [4.69, 9.17) is 4.74 Å². The third kappa shape index (κ3) is 10.9. The normalized spacial score (nSPS) is 11.1. The van der Waals surface area contributed by atoms with Crippen LogP contribution >= 0.6 is 24.0 Å². The number of nitro benzene ring substituents is 1. The van der Waals surface area contributed by atoms with Gasteiger partial charge in [0.2, 0.25) is 0 Å². The molecule has 0 unspecified atom stereocenters. The van der Waals surface area contributed by atoms with Crippen LogP contribution < -0.4 is 10.6 Å². The zero-order valence-corrected chi connectivity index (χ0v) is 17.5. The Balaban J connectivity index is 0.00000576. The van der Waals surface area contributed by atoms with Gasteiger partial charge in [0.05, 0.1) is 11.5 Å². The zero-order chi connectivity index (χ0) is 17.8. The van der Waals surface area contributed by atoms with E-state index in [9.17, 15) is 10.1 Å². The number of nitro groups is 1. The molecule has 0 spiro atoms. The Hall–Kier alpha value is -1.42. The van der Waals surface area contributed by atoms with Crippen LogP contribution in [-0.4, -0.2) is 37.2 Å². The molecule has 0 saturated heterocycles. The summed E-state index contributed by atoms with van der Waals surface area (Å²) in [4.78, 5) is 14.9. The summed E-state index contributed by atoms with van der Waals surface area (Å²) in [5.41, 5.74) is 0.893. The molecule has 0 aliphatic rings. The van der Waals surface area contributed by atoms with E-state index in [1.165, 1.54) is 6.07 Å². The van der Waals surface area contributed by atoms with Crippen LogP contribution in [0.5, 0.6) is 0 Å². The van der Waals surface area contributed by atoms with E-state index in [1.807, 2.05) is 13.0 Å². The highest BCUT2D eigenvalue weighted by Gasteiger charge is 2.05. The second-order valence-electron chi connectivity index (χ2n) is 5.87. The van der Waals surface area contributed by atoms with Gasteiger partial charge in [-0.25, -0.2) is 4.99 Å². The number of nitrogens with zero attached hydrogens (tertiary/aromatic N) is 2. The Bertz CT molecular complexity index is 538. The molecule has 0 saturated carbocycles. The SMILES string of the molecule is CCNC(=NCc1cccc([N+](=O)[O-])c1)NCCCOCC(C)C.I. The number of benzene rings is 1. The van der Waals surface area contributed by atoms with Gasteiger partial charge < -0.3 is 15.4 Å². The molecule has 0 amide bonds. The molecule has 7 nitrogen and oxygen atoms in total. The first-order valence-corrected chi connectivity index (χ1v) is 8.36. The predicted octanol–water partition coefficient (Wildman–Crippen LogP) is 3.33. The molecule has 0 bridgehead atoms. The summed E-state index contributed by atoms with van der Waals surface area (Å²) < 4.78 is 5.54. The van der Waals surface area contributed by atoms with Crippen molar-refractivity contribution < 1.29 is 9.66 Å². The van der Waals surface area contributed by atoms with Crippen LogP contribution in [0.2, 0.25) is 0 Å². The van der Waals surface area contributed by atoms with Gasteiger partial charge in [-0.1, -0.05) is 26.0 Å². The third-order valence-electron chi connectivity index (χ3n) is 3.09. The van der Waals surface area contributed by atoms with E-state index in [-0.39, 0.29) is 29.7 Å². The van der Waals surface area contributed by atoms with E-state index in [0.29, 0.717) is 18.4 Å². The maximum Gasteiger partial charge on any atom is 0.269 e. The van der Waals surface area contributed by atoms with Gasteiger partial charge in [0, 0.05) is 38.4 Å². The van der Waals surface area contributed by atoms with Crippen LogP contribution in [0.25, 0.3) is 0 Å². The van der Waals surface area contributed by atoms with Gasteiger partial charge in [0.1, 0.15) is 0 Å². The highest BCUT2D eigenvalue weighted by atomic mass is 127. The molecule has 2 N–H and O–H groups in total. The van der Waals surface area contributed by atoms with Crippen molar-refractivity contribution in [3.8, 4) is 0 Å². The first kappa shape index (κ1) is 23.6. The summed E-state index contributed by atoms with van der Waals surface area (Å²) in [6, 6.07) is 6.54. The van der Waals surface area contributed by atoms with Crippen LogP contribution in [0.1, 0.15) is 32.8 Å². The molecule has 0 aliphatic heterocycles. The Morgan fingerprint density at radius 2 is 2.12 bits per heavy atom. The summed E-state index contributed by atoms with van der Waals surface area (Å²) in [5, 5.41) is 17.2. The van der Waals surface area contributed by atoms with Gasteiger partial charge in [-0.3, -0.25) is 10.1 Å². The predicted molar refractivity (Wildman–Crippen MR) is 112 cm³/mol. The Morgan fingerprint density at radius 1 is 1.36 bits per heavy atom. The maximum atomic E-state index is 10.8. The van der Waals surface area contributed by atoms with Crippen molar-refractivity contribution in [1.29, 1.82) is 0 Å². The Morgan fingerprint density at radius 3 is 2.76 bits per heavy atom. The minimum atomic E-state index is -0.395. The number of hydrogen-bond acceptors (Lipinski definition) is 4. The lowest BCUT2D eigenvalue weighted by molar-refractivity contribution is -0.384. The fraction of sp³-hybridized carbons (Fsp3) is 0.588. The molecule has 0 aliphatic carbocycles. The summed E-state index contributed by atoms with van der Waals surface area (Å²) in [6.07, 6.45) is 0.897. The molecule has 1 aromatic rings. The summed E-state index contributed by atoms with van der Waals surface area (Å²) in [6.45, 7) is 9.65. The van der Waals surface area contributed by atoms with Crippen LogP contribution in [-0.2, 0) is 11.3 Å². The summed E-state index contributed by atoms with van der Waals surface area (Å²) in [5.74, 6) is 1.25. The van der Waals surface area contributed by atoms with Gasteiger partial charge in [-0.2, -0.15) is 0 Å². The van der Waals surface area contributed by atoms with E-state index in [0.717, 1.165) is 38.3 Å². The number of guanidine groups is 1. The number of rotatable bonds is 10. The van der Waals surface area contributed by atoms with E-state index in [1.54, 1.807) is 12.1 Å². The molecular formula is C17H29IN4O3. The zero-order valence-electron chi connectivity index (χ0n) is 15.2. The molecular weight excluding hydrogens is 435 g/mol. The number of aliphatic imine (C=N–C) groups is 1. The number of halogens is 1. The first-order valence-electron chi connectivity index (χ1n) is 8.36. The van der Waals surface area contributed by atoms with Gasteiger partial charge in [-0.15, -0.1) is 24.0 Å². The minimum Gasteiger partial charge on any atom is -0.381 e. The minimum absolute atomic E-state index is 0. The lowest BCUT2D eigenvalue weighted by Gasteiger charge is -2.12. The van der Waals surface area contributed by atoms with E-state index < -0.39 is 4.92 Å². The molecule has 0 heterocycles. The topological polar surface area (TPSA) is 88.8 Å². The van der Waals surface area contributed by atoms with Crippen LogP contribution in [0.15, 0.2) is 29.3 Å². The molecule has 0 fully saturated rings. The van der Waals surface area contributed by atoms with Crippen molar-refractivity contribution in [2.45, 2.75) is 33.7 Å². The fourth-order valence-corrected chi connectivity index (χ4v) is 1.98. The molecule has 0 atom stereocenters. The van der Waals surface area contributed by atoms with Gasteiger partial charge in [-0.05, 0) is 24.8 Å². The van der Waals surface area contributed by atoms with Gasteiger partial charge in [0.25, 0.3) is 5.69 Å². The molecule has 8 heteroatoms. The average Bonchev–Trinajstić information content (AvgIpc) is 2.55. The number of non-ortho nitro benzene ring substituents is 1. The van der Waals surface area contributed by atoms with Crippen LogP contribution in [0.4, 0.5) is 5.69 Å². The fourth-order valence-electron chi connectivity index (χ4n) is 1.98. The molecule has 1 aromatic carbocycles. The molecule has 0 radical (unpaired) electrons. The van der Waals surface area contributed by atoms with Crippen molar-refractivity contribution >= 4 is 35.6 Å². The molecule has 0 aromatic heterocycles. The lowest BCUT2D eigenvalue weighted by Crippen LogP contribution is -2.38. The molecule has 1 rings (SSSR count). The number of ether oxygens (including phenoxy) is 1. The molecule has 142 valence electrons. The second-order valence-corrected chi connectivity index (χ2v) is 5.87. The van der Waals surface area contributed by atoms with Gasteiger partial charge in [0.15, 0.2) is 5.96 Å². The second kappa shape index (κ2) is 13.8. The van der Waals surface area contributed by atoms with Crippen molar-refractivity contribution in [1.82, 2.24) is 10.6 Å². The standard InChI is InChI=1S/C17H28N4O3.HI/c1-4-18-17(19-9-6-10-24-13-14(2)3)20-12-15-7-5-8-16(11-15)21(22)23;/h5,7-8,11,14H,4,6,9-10,12-13H2,1-3H3,(H2,18,19,20);1H. The van der Waals surface area contributed by atoms with Crippen molar-refractivity contribution in [3.05, 3.63) is 39.9 Å². The number of nitrogens with one attached hydrogen (secondary N) is 2. The quantitative estimate of drug-likeness (QED) is 0.139.